The van der Waals surface area contributed by atoms with Crippen molar-refractivity contribution in [3.05, 3.63) is 40.9 Å². The zero-order valence-corrected chi connectivity index (χ0v) is 10.4. The number of H-pyrrole nitrogens is 1. The van der Waals surface area contributed by atoms with E-state index in [0.29, 0.717) is 6.54 Å². The summed E-state index contributed by atoms with van der Waals surface area (Å²) in [6.45, 7) is 0.672. The maximum Gasteiger partial charge on any atom is 0.133 e. The van der Waals surface area contributed by atoms with Crippen molar-refractivity contribution in [1.29, 1.82) is 0 Å². The molecule has 2 aromatic rings. The Morgan fingerprint density at radius 1 is 1.50 bits per heavy atom. The van der Waals surface area contributed by atoms with Crippen LogP contribution in [0.1, 0.15) is 5.82 Å². The van der Waals surface area contributed by atoms with Gasteiger partial charge in [-0.2, -0.15) is 0 Å². The predicted molar refractivity (Wildman–Crippen MR) is 66.6 cm³/mol. The van der Waals surface area contributed by atoms with E-state index in [2.05, 4.69) is 31.2 Å². The average Bonchev–Trinajstić information content (AvgIpc) is 2.79. The summed E-state index contributed by atoms with van der Waals surface area (Å²) in [5, 5.41) is 3.26. The van der Waals surface area contributed by atoms with Crippen molar-refractivity contribution in [2.24, 2.45) is 0 Å². The second kappa shape index (κ2) is 5.03. The Morgan fingerprint density at radius 3 is 3.00 bits per heavy atom. The van der Waals surface area contributed by atoms with Crippen molar-refractivity contribution in [3.8, 4) is 5.75 Å². The van der Waals surface area contributed by atoms with E-state index in [-0.39, 0.29) is 0 Å². The van der Waals surface area contributed by atoms with Crippen LogP contribution in [0.4, 0.5) is 5.69 Å². The molecule has 2 rings (SSSR count). The van der Waals surface area contributed by atoms with E-state index in [1.165, 1.54) is 0 Å². The summed E-state index contributed by atoms with van der Waals surface area (Å²) in [5.41, 5.74) is 1.02. The van der Waals surface area contributed by atoms with Gasteiger partial charge in [-0.05, 0) is 34.1 Å². The third-order valence-corrected chi connectivity index (χ3v) is 2.79. The summed E-state index contributed by atoms with van der Waals surface area (Å²) in [4.78, 5) is 7.17. The molecule has 0 aliphatic carbocycles. The van der Waals surface area contributed by atoms with Gasteiger partial charge in [0.1, 0.15) is 11.6 Å². The number of benzene rings is 1. The lowest BCUT2D eigenvalue weighted by molar-refractivity contribution is 0.412. The standard InChI is InChI=1S/C11H12BrN3O/c1-16-10-3-2-8(6-9(10)12)15-7-11-13-4-5-14-11/h2-6,15H,7H2,1H3,(H,13,14). The summed E-state index contributed by atoms with van der Waals surface area (Å²) < 4.78 is 6.09. The Hall–Kier alpha value is -1.49. The molecule has 0 spiro atoms. The summed E-state index contributed by atoms with van der Waals surface area (Å²) >= 11 is 3.44. The highest BCUT2D eigenvalue weighted by molar-refractivity contribution is 9.10. The van der Waals surface area contributed by atoms with E-state index in [4.69, 9.17) is 4.74 Å². The highest BCUT2D eigenvalue weighted by Gasteiger charge is 2.01. The average molecular weight is 282 g/mol. The molecule has 0 fully saturated rings. The van der Waals surface area contributed by atoms with Crippen molar-refractivity contribution in [1.82, 2.24) is 9.97 Å². The van der Waals surface area contributed by atoms with E-state index < -0.39 is 0 Å². The van der Waals surface area contributed by atoms with Gasteiger partial charge in [0.15, 0.2) is 0 Å². The van der Waals surface area contributed by atoms with Crippen molar-refractivity contribution in [3.63, 3.8) is 0 Å². The van der Waals surface area contributed by atoms with E-state index >= 15 is 0 Å². The van der Waals surface area contributed by atoms with Crippen molar-refractivity contribution < 1.29 is 4.74 Å². The molecule has 0 radical (unpaired) electrons. The Kier molecular flexibility index (Phi) is 3.46. The normalized spacial score (nSPS) is 10.1. The summed E-state index contributed by atoms with van der Waals surface area (Å²) in [5.74, 6) is 1.73. The van der Waals surface area contributed by atoms with Gasteiger partial charge < -0.3 is 15.0 Å². The van der Waals surface area contributed by atoms with Crippen LogP contribution in [0.5, 0.6) is 5.75 Å². The molecule has 1 heterocycles. The quantitative estimate of drug-likeness (QED) is 0.906. The number of anilines is 1. The molecule has 0 saturated carbocycles. The van der Waals surface area contributed by atoms with Gasteiger partial charge in [-0.3, -0.25) is 0 Å². The zero-order valence-electron chi connectivity index (χ0n) is 8.83. The third-order valence-electron chi connectivity index (χ3n) is 2.17. The molecular formula is C11H12BrN3O. The number of hydrogen-bond donors (Lipinski definition) is 2. The first-order valence-electron chi connectivity index (χ1n) is 4.85. The van der Waals surface area contributed by atoms with E-state index in [9.17, 15) is 0 Å². The predicted octanol–water partition coefficient (Wildman–Crippen LogP) is 2.79. The number of nitrogens with one attached hydrogen (secondary N) is 2. The fraction of sp³-hybridized carbons (Fsp3) is 0.182. The molecule has 0 aliphatic heterocycles. The Labute approximate surface area is 102 Å². The molecule has 0 saturated heterocycles. The van der Waals surface area contributed by atoms with Crippen LogP contribution < -0.4 is 10.1 Å². The maximum absolute atomic E-state index is 5.16. The number of aromatic nitrogens is 2. The van der Waals surface area contributed by atoms with Crippen LogP contribution in [-0.2, 0) is 6.54 Å². The second-order valence-electron chi connectivity index (χ2n) is 3.24. The molecule has 0 aliphatic rings. The molecule has 2 N–H and O–H groups in total. The Morgan fingerprint density at radius 2 is 2.38 bits per heavy atom. The topological polar surface area (TPSA) is 49.9 Å². The second-order valence-corrected chi connectivity index (χ2v) is 4.09. The number of rotatable bonds is 4. The van der Waals surface area contributed by atoms with Crippen LogP contribution >= 0.6 is 15.9 Å². The highest BCUT2D eigenvalue weighted by atomic mass is 79.9. The van der Waals surface area contributed by atoms with Crippen LogP contribution in [-0.4, -0.2) is 17.1 Å². The lowest BCUT2D eigenvalue weighted by Gasteiger charge is -2.07. The van der Waals surface area contributed by atoms with Gasteiger partial charge in [-0.1, -0.05) is 0 Å². The summed E-state index contributed by atoms with van der Waals surface area (Å²) in [6.07, 6.45) is 3.54. The monoisotopic (exact) mass is 281 g/mol. The molecule has 0 atom stereocenters. The maximum atomic E-state index is 5.16. The first kappa shape index (κ1) is 11.0. The number of ether oxygens (including phenoxy) is 1. The first-order valence-corrected chi connectivity index (χ1v) is 5.64. The number of methoxy groups -OCH3 is 1. The number of hydrogen-bond acceptors (Lipinski definition) is 3. The lowest BCUT2D eigenvalue weighted by Crippen LogP contribution is -2.01. The van der Waals surface area contributed by atoms with Gasteiger partial charge in [0.2, 0.25) is 0 Å². The smallest absolute Gasteiger partial charge is 0.133 e. The van der Waals surface area contributed by atoms with Gasteiger partial charge in [0.25, 0.3) is 0 Å². The van der Waals surface area contributed by atoms with Gasteiger partial charge in [0.05, 0.1) is 18.1 Å². The van der Waals surface area contributed by atoms with Gasteiger partial charge in [-0.25, -0.2) is 4.98 Å². The third kappa shape index (κ3) is 2.55. The largest absolute Gasteiger partial charge is 0.496 e. The summed E-state index contributed by atoms with van der Waals surface area (Å²) in [6, 6.07) is 5.85. The first-order chi connectivity index (χ1) is 7.79. The van der Waals surface area contributed by atoms with Crippen molar-refractivity contribution in [2.75, 3.05) is 12.4 Å². The molecule has 84 valence electrons. The molecule has 5 heteroatoms. The van der Waals surface area contributed by atoms with Gasteiger partial charge in [0, 0.05) is 18.1 Å². The molecule has 0 bridgehead atoms. The van der Waals surface area contributed by atoms with E-state index in [0.717, 1.165) is 21.7 Å². The fourth-order valence-corrected chi connectivity index (χ4v) is 1.90. The Bertz CT molecular complexity index is 456. The zero-order chi connectivity index (χ0) is 11.4. The molecule has 16 heavy (non-hydrogen) atoms. The minimum absolute atomic E-state index is 0.672. The lowest BCUT2D eigenvalue weighted by atomic mass is 10.3. The van der Waals surface area contributed by atoms with Crippen molar-refractivity contribution >= 4 is 21.6 Å². The Balaban J connectivity index is 2.02. The number of aromatic amines is 1. The highest BCUT2D eigenvalue weighted by Crippen LogP contribution is 2.27. The van der Waals surface area contributed by atoms with Crippen LogP contribution in [0.25, 0.3) is 0 Å². The van der Waals surface area contributed by atoms with E-state index in [1.807, 2.05) is 18.2 Å². The minimum atomic E-state index is 0.672. The fourth-order valence-electron chi connectivity index (χ4n) is 1.36. The molecule has 1 aromatic carbocycles. The molecule has 0 unspecified atom stereocenters. The van der Waals surface area contributed by atoms with Crippen LogP contribution in [0.3, 0.4) is 0 Å². The number of halogens is 1. The van der Waals surface area contributed by atoms with Crippen LogP contribution in [0.15, 0.2) is 35.1 Å². The van der Waals surface area contributed by atoms with Crippen LogP contribution in [0.2, 0.25) is 0 Å². The van der Waals surface area contributed by atoms with Crippen LogP contribution in [0, 0.1) is 0 Å². The number of nitrogens with zero attached hydrogens (tertiary/aromatic N) is 1. The SMILES string of the molecule is COc1ccc(NCc2ncc[nH]2)cc1Br. The van der Waals surface area contributed by atoms with Gasteiger partial charge >= 0.3 is 0 Å². The summed E-state index contributed by atoms with van der Waals surface area (Å²) in [7, 11) is 1.65. The molecular weight excluding hydrogens is 270 g/mol. The number of imidazole rings is 1. The molecule has 4 nitrogen and oxygen atoms in total. The molecule has 1 aromatic heterocycles. The van der Waals surface area contributed by atoms with Gasteiger partial charge in [-0.15, -0.1) is 0 Å². The van der Waals surface area contributed by atoms with E-state index in [1.54, 1.807) is 19.5 Å². The minimum Gasteiger partial charge on any atom is -0.496 e. The molecule has 0 amide bonds. The van der Waals surface area contributed by atoms with Crippen molar-refractivity contribution in [2.45, 2.75) is 6.54 Å².